The normalized spacial score (nSPS) is 11.5. The summed E-state index contributed by atoms with van der Waals surface area (Å²) in [6.45, 7) is 2.44. The van der Waals surface area contributed by atoms with Gasteiger partial charge in [-0.25, -0.2) is 4.98 Å². The molecule has 1 heterocycles. The molecule has 5 nitrogen and oxygen atoms in total. The SMILES string of the molecule is FC(F)(F)c1cnc(Nc2ccc(Cl)c(Cl)c2)nc1NCCCN(Cc1ccccc1)Cc1ccccc1. The van der Waals surface area contributed by atoms with Gasteiger partial charge in [0.05, 0.1) is 10.0 Å². The van der Waals surface area contributed by atoms with Crippen molar-refractivity contribution in [3.8, 4) is 0 Å². The van der Waals surface area contributed by atoms with Gasteiger partial charge in [0.1, 0.15) is 11.4 Å². The van der Waals surface area contributed by atoms with Crippen LogP contribution in [0.4, 0.5) is 30.6 Å². The van der Waals surface area contributed by atoms with Crippen LogP contribution in [-0.4, -0.2) is 28.0 Å². The van der Waals surface area contributed by atoms with E-state index in [2.05, 4.69) is 49.8 Å². The summed E-state index contributed by atoms with van der Waals surface area (Å²) >= 11 is 12.0. The van der Waals surface area contributed by atoms with Crippen molar-refractivity contribution in [1.82, 2.24) is 14.9 Å². The minimum atomic E-state index is -4.60. The molecule has 4 rings (SSSR count). The number of halogens is 5. The number of benzene rings is 3. The van der Waals surface area contributed by atoms with Gasteiger partial charge in [0.15, 0.2) is 0 Å². The third kappa shape index (κ3) is 8.08. The molecule has 198 valence electrons. The third-order valence-corrected chi connectivity index (χ3v) is 6.45. The molecule has 0 aliphatic carbocycles. The van der Waals surface area contributed by atoms with Crippen LogP contribution < -0.4 is 10.6 Å². The van der Waals surface area contributed by atoms with Gasteiger partial charge in [0.25, 0.3) is 0 Å². The summed E-state index contributed by atoms with van der Waals surface area (Å²) in [4.78, 5) is 10.2. The Kier molecular flexibility index (Phi) is 9.44. The highest BCUT2D eigenvalue weighted by Crippen LogP contribution is 2.34. The van der Waals surface area contributed by atoms with Crippen molar-refractivity contribution in [1.29, 1.82) is 0 Å². The standard InChI is InChI=1S/C28H26Cl2F3N5/c29-24-13-12-22(16-25(24)30)36-27-35-17-23(28(31,32)33)26(37-27)34-14-7-15-38(18-20-8-3-1-4-9-20)19-21-10-5-2-6-11-21/h1-6,8-13,16-17H,7,14-15,18-19H2,(H2,34,35,36,37). The van der Waals surface area contributed by atoms with Gasteiger partial charge in [-0.3, -0.25) is 4.90 Å². The summed E-state index contributed by atoms with van der Waals surface area (Å²) in [5.41, 5.74) is 1.92. The molecule has 0 radical (unpaired) electrons. The number of nitrogens with zero attached hydrogens (tertiary/aromatic N) is 3. The molecule has 10 heteroatoms. The Labute approximate surface area is 229 Å². The van der Waals surface area contributed by atoms with E-state index >= 15 is 0 Å². The number of anilines is 3. The lowest BCUT2D eigenvalue weighted by molar-refractivity contribution is -0.137. The Balaban J connectivity index is 1.43. The molecule has 38 heavy (non-hydrogen) atoms. The first kappa shape index (κ1) is 27.7. The van der Waals surface area contributed by atoms with Crippen LogP contribution in [0.25, 0.3) is 0 Å². The van der Waals surface area contributed by atoms with Crippen molar-refractivity contribution in [3.63, 3.8) is 0 Å². The van der Waals surface area contributed by atoms with E-state index in [-0.39, 0.29) is 11.8 Å². The second-order valence-corrected chi connectivity index (χ2v) is 9.48. The lowest BCUT2D eigenvalue weighted by Gasteiger charge is -2.23. The van der Waals surface area contributed by atoms with Crippen LogP contribution in [-0.2, 0) is 19.3 Å². The molecule has 0 fully saturated rings. The zero-order valence-electron chi connectivity index (χ0n) is 20.3. The van der Waals surface area contributed by atoms with Gasteiger partial charge in [0, 0.05) is 38.1 Å². The van der Waals surface area contributed by atoms with Crippen LogP contribution in [0.2, 0.25) is 10.0 Å². The smallest absolute Gasteiger partial charge is 0.369 e. The van der Waals surface area contributed by atoms with Crippen molar-refractivity contribution in [2.75, 3.05) is 23.7 Å². The summed E-state index contributed by atoms with van der Waals surface area (Å²) in [5, 5.41) is 6.40. The van der Waals surface area contributed by atoms with Crippen LogP contribution >= 0.6 is 23.2 Å². The molecule has 0 atom stereocenters. The molecule has 0 aliphatic rings. The molecule has 0 amide bonds. The monoisotopic (exact) mass is 559 g/mol. The van der Waals surface area contributed by atoms with Crippen molar-refractivity contribution in [3.05, 3.63) is 112 Å². The van der Waals surface area contributed by atoms with Crippen LogP contribution in [0.5, 0.6) is 0 Å². The zero-order chi connectivity index (χ0) is 27.0. The van der Waals surface area contributed by atoms with Gasteiger partial charge in [-0.1, -0.05) is 83.9 Å². The van der Waals surface area contributed by atoms with E-state index in [0.717, 1.165) is 19.3 Å². The minimum absolute atomic E-state index is 0.00803. The number of alkyl halides is 3. The number of rotatable bonds is 11. The molecule has 0 saturated heterocycles. The van der Waals surface area contributed by atoms with Gasteiger partial charge in [-0.2, -0.15) is 18.2 Å². The lowest BCUT2D eigenvalue weighted by Crippen LogP contribution is -2.26. The topological polar surface area (TPSA) is 53.1 Å². The Morgan fingerprint density at radius 2 is 1.45 bits per heavy atom. The molecule has 1 aromatic heterocycles. The first-order chi connectivity index (χ1) is 18.3. The molecule has 3 aromatic carbocycles. The number of hydrogen-bond acceptors (Lipinski definition) is 5. The number of nitrogens with one attached hydrogen (secondary N) is 2. The predicted octanol–water partition coefficient (Wildman–Crippen LogP) is 8.05. The molecule has 0 saturated carbocycles. The van der Waals surface area contributed by atoms with E-state index in [0.29, 0.717) is 35.2 Å². The van der Waals surface area contributed by atoms with Gasteiger partial charge in [-0.15, -0.1) is 0 Å². The van der Waals surface area contributed by atoms with Crippen molar-refractivity contribution < 1.29 is 13.2 Å². The van der Waals surface area contributed by atoms with E-state index in [1.165, 1.54) is 11.1 Å². The number of aromatic nitrogens is 2. The van der Waals surface area contributed by atoms with Crippen molar-refractivity contribution in [2.45, 2.75) is 25.7 Å². The lowest BCUT2D eigenvalue weighted by atomic mass is 10.1. The fourth-order valence-corrected chi connectivity index (χ4v) is 4.19. The maximum atomic E-state index is 13.6. The molecule has 0 unspecified atom stereocenters. The summed E-state index contributed by atoms with van der Waals surface area (Å²) < 4.78 is 40.9. The summed E-state index contributed by atoms with van der Waals surface area (Å²) in [5.74, 6) is -0.276. The fourth-order valence-electron chi connectivity index (χ4n) is 3.89. The average Bonchev–Trinajstić information content (AvgIpc) is 2.89. The third-order valence-electron chi connectivity index (χ3n) is 5.71. The Hall–Kier alpha value is -3.33. The highest BCUT2D eigenvalue weighted by atomic mass is 35.5. The molecule has 4 aromatic rings. The highest BCUT2D eigenvalue weighted by Gasteiger charge is 2.35. The minimum Gasteiger partial charge on any atom is -0.369 e. The Morgan fingerprint density at radius 1 is 0.816 bits per heavy atom. The molecule has 2 N–H and O–H groups in total. The summed E-state index contributed by atoms with van der Waals surface area (Å²) in [7, 11) is 0. The molecular formula is C28H26Cl2F3N5. The summed E-state index contributed by atoms with van der Waals surface area (Å²) in [6, 6.07) is 24.9. The highest BCUT2D eigenvalue weighted by molar-refractivity contribution is 6.42. The summed E-state index contributed by atoms with van der Waals surface area (Å²) in [6.07, 6.45) is -3.22. The van der Waals surface area contributed by atoms with Crippen molar-refractivity contribution >= 4 is 40.7 Å². The van der Waals surface area contributed by atoms with E-state index in [9.17, 15) is 13.2 Å². The number of hydrogen-bond donors (Lipinski definition) is 2. The van der Waals surface area contributed by atoms with Crippen LogP contribution in [0.15, 0.2) is 85.1 Å². The maximum absolute atomic E-state index is 13.6. The Bertz CT molecular complexity index is 1280. The fraction of sp³-hybridized carbons (Fsp3) is 0.214. The molecular weight excluding hydrogens is 534 g/mol. The second kappa shape index (κ2) is 13.0. The van der Waals surface area contributed by atoms with Gasteiger partial charge >= 0.3 is 6.18 Å². The van der Waals surface area contributed by atoms with Crippen LogP contribution in [0.3, 0.4) is 0 Å². The zero-order valence-corrected chi connectivity index (χ0v) is 21.9. The second-order valence-electron chi connectivity index (χ2n) is 8.67. The quantitative estimate of drug-likeness (QED) is 0.182. The maximum Gasteiger partial charge on any atom is 0.421 e. The Morgan fingerprint density at radius 3 is 2.03 bits per heavy atom. The molecule has 0 aliphatic heterocycles. The van der Waals surface area contributed by atoms with Crippen LogP contribution in [0, 0.1) is 0 Å². The first-order valence-corrected chi connectivity index (χ1v) is 12.7. The van der Waals surface area contributed by atoms with Gasteiger partial charge in [-0.05, 0) is 35.7 Å². The van der Waals surface area contributed by atoms with Gasteiger partial charge in [0.2, 0.25) is 5.95 Å². The largest absolute Gasteiger partial charge is 0.421 e. The predicted molar refractivity (Wildman–Crippen MR) is 147 cm³/mol. The van der Waals surface area contributed by atoms with Crippen molar-refractivity contribution in [2.24, 2.45) is 0 Å². The molecule has 0 bridgehead atoms. The van der Waals surface area contributed by atoms with E-state index in [1.54, 1.807) is 18.2 Å². The van der Waals surface area contributed by atoms with E-state index < -0.39 is 11.7 Å². The van der Waals surface area contributed by atoms with Gasteiger partial charge < -0.3 is 10.6 Å². The van der Waals surface area contributed by atoms with Crippen LogP contribution in [0.1, 0.15) is 23.1 Å². The molecule has 0 spiro atoms. The van der Waals surface area contributed by atoms with E-state index in [1.807, 2.05) is 36.4 Å². The van der Waals surface area contributed by atoms with E-state index in [4.69, 9.17) is 23.2 Å². The first-order valence-electron chi connectivity index (χ1n) is 12.0. The average molecular weight is 560 g/mol.